The average molecular weight is 177 g/mol. The molecular formula is C4H12N2Y-2. The molecule has 3 heteroatoms. The molecule has 7 heavy (non-hydrogen) atoms. The Morgan fingerprint density at radius 2 is 2.00 bits per heavy atom. The van der Waals surface area contributed by atoms with Gasteiger partial charge in [0.2, 0.25) is 0 Å². The maximum Gasteiger partial charge on any atom is 0 e. The van der Waals surface area contributed by atoms with Gasteiger partial charge in [-0.1, -0.05) is 13.6 Å². The summed E-state index contributed by atoms with van der Waals surface area (Å²) < 4.78 is 0. The maximum absolute atomic E-state index is 6.49. The third-order valence-corrected chi connectivity index (χ3v) is 0.375. The predicted molar refractivity (Wildman–Crippen MR) is 29.3 cm³/mol. The maximum atomic E-state index is 6.49. The second-order valence-corrected chi connectivity index (χ2v) is 0.780. The fourth-order valence-electron chi connectivity index (χ4n) is 0.125. The largest absolute Gasteiger partial charge is 0.665 e. The molecule has 1 radical (unpaired) electrons. The van der Waals surface area contributed by atoms with Crippen LogP contribution in [0, 0.1) is 7.43 Å². The summed E-state index contributed by atoms with van der Waals surface area (Å²) in [5.74, 6) is 0. The minimum Gasteiger partial charge on any atom is -0.665 e. The van der Waals surface area contributed by atoms with E-state index < -0.39 is 0 Å². The van der Waals surface area contributed by atoms with Gasteiger partial charge in [-0.2, -0.15) is 0 Å². The average Bonchev–Trinajstić information content (AvgIpc) is 1.41. The summed E-state index contributed by atoms with van der Waals surface area (Å²) in [6, 6.07) is 0. The third-order valence-electron chi connectivity index (χ3n) is 0.375. The zero-order valence-corrected chi connectivity index (χ0v) is 7.83. The molecule has 0 spiro atoms. The van der Waals surface area contributed by atoms with Gasteiger partial charge in [0, 0.05) is 32.7 Å². The smallest absolute Gasteiger partial charge is 0 e. The molecule has 0 saturated carbocycles. The Bertz CT molecular complexity index is 17.2. The first kappa shape index (κ1) is 15.7. The molecule has 0 rings (SSSR count). The van der Waals surface area contributed by atoms with Crippen molar-refractivity contribution >= 4 is 0 Å². The van der Waals surface area contributed by atoms with Gasteiger partial charge >= 0.3 is 0 Å². The van der Waals surface area contributed by atoms with E-state index in [0.717, 1.165) is 6.54 Å². The summed E-state index contributed by atoms with van der Waals surface area (Å²) >= 11 is 0. The van der Waals surface area contributed by atoms with E-state index in [1.165, 1.54) is 0 Å². The molecule has 0 saturated heterocycles. The van der Waals surface area contributed by atoms with Crippen LogP contribution in [0.4, 0.5) is 0 Å². The van der Waals surface area contributed by atoms with Gasteiger partial charge in [0.1, 0.15) is 0 Å². The van der Waals surface area contributed by atoms with E-state index in [0.29, 0.717) is 6.67 Å². The van der Waals surface area contributed by atoms with E-state index >= 15 is 0 Å². The van der Waals surface area contributed by atoms with Crippen LogP contribution in [0.1, 0.15) is 6.92 Å². The van der Waals surface area contributed by atoms with Crippen LogP contribution in [0.3, 0.4) is 0 Å². The van der Waals surface area contributed by atoms with E-state index in [4.69, 9.17) is 5.73 Å². The molecule has 0 bridgehead atoms. The Morgan fingerprint density at radius 1 is 1.57 bits per heavy atom. The molecule has 2 N–H and O–H groups in total. The van der Waals surface area contributed by atoms with Crippen LogP contribution >= 0.6 is 0 Å². The molecule has 2 nitrogen and oxygen atoms in total. The first-order valence-electron chi connectivity index (χ1n) is 1.77. The molecule has 0 aliphatic heterocycles. The van der Waals surface area contributed by atoms with Crippen molar-refractivity contribution in [3.63, 3.8) is 0 Å². The molecule has 43 valence electrons. The van der Waals surface area contributed by atoms with Crippen LogP contribution < -0.4 is 5.32 Å². The van der Waals surface area contributed by atoms with Gasteiger partial charge in [0.25, 0.3) is 0 Å². The Morgan fingerprint density at radius 3 is 2.00 bits per heavy atom. The monoisotopic (exact) mass is 177 g/mol. The van der Waals surface area contributed by atoms with Crippen molar-refractivity contribution < 1.29 is 32.7 Å². The summed E-state index contributed by atoms with van der Waals surface area (Å²) in [5.41, 5.74) is 6.49. The van der Waals surface area contributed by atoms with E-state index in [-0.39, 0.29) is 40.1 Å². The van der Waals surface area contributed by atoms with Crippen LogP contribution in [-0.4, -0.2) is 13.2 Å². The molecule has 0 heterocycles. The molecule has 0 atom stereocenters. The number of nitrogens with one attached hydrogen (secondary N) is 2. The van der Waals surface area contributed by atoms with Crippen LogP contribution in [0.15, 0.2) is 0 Å². The van der Waals surface area contributed by atoms with Crippen LogP contribution in [0.2, 0.25) is 0 Å². The third kappa shape index (κ3) is 19.4. The second-order valence-electron chi connectivity index (χ2n) is 0.780. The Balaban J connectivity index is -0.0000000800. The molecular weight excluding hydrogens is 165 g/mol. The zero-order chi connectivity index (χ0) is 4.12. The summed E-state index contributed by atoms with van der Waals surface area (Å²) in [4.78, 5) is 0. The van der Waals surface area contributed by atoms with Crippen molar-refractivity contribution in [1.82, 2.24) is 5.32 Å². The fourth-order valence-corrected chi connectivity index (χ4v) is 0.125. The quantitative estimate of drug-likeness (QED) is 0.628. The topological polar surface area (TPSA) is 35.8 Å². The van der Waals surface area contributed by atoms with E-state index in [2.05, 4.69) is 5.32 Å². The summed E-state index contributed by atoms with van der Waals surface area (Å²) in [5, 5.41) is 2.78. The van der Waals surface area contributed by atoms with Gasteiger partial charge < -0.3 is 18.5 Å². The van der Waals surface area contributed by atoms with Crippen molar-refractivity contribution in [3.8, 4) is 0 Å². The number of hydrogen-bond donors (Lipinski definition) is 1. The first-order chi connectivity index (χ1) is 2.41. The van der Waals surface area contributed by atoms with E-state index in [9.17, 15) is 0 Å². The SMILES string of the molecule is CCNC[NH-].[CH3-].[Y]. The molecule has 0 aromatic heterocycles. The molecule has 0 aliphatic rings. The second kappa shape index (κ2) is 15.7. The van der Waals surface area contributed by atoms with Crippen LogP contribution in [-0.2, 0) is 32.7 Å². The summed E-state index contributed by atoms with van der Waals surface area (Å²) in [6.07, 6.45) is 0. The van der Waals surface area contributed by atoms with E-state index in [1.807, 2.05) is 6.92 Å². The van der Waals surface area contributed by atoms with Crippen molar-refractivity contribution in [2.24, 2.45) is 0 Å². The molecule has 0 amide bonds. The number of rotatable bonds is 2. The van der Waals surface area contributed by atoms with Gasteiger partial charge in [-0.15, -0.1) is 0 Å². The predicted octanol–water partition coefficient (Wildman–Crippen LogP) is 1.05. The van der Waals surface area contributed by atoms with Gasteiger partial charge in [-0.25, -0.2) is 0 Å². The van der Waals surface area contributed by atoms with Crippen LogP contribution in [0.5, 0.6) is 0 Å². The zero-order valence-electron chi connectivity index (χ0n) is 4.99. The molecule has 0 fully saturated rings. The minimum absolute atomic E-state index is 0. The first-order valence-corrected chi connectivity index (χ1v) is 1.77. The summed E-state index contributed by atoms with van der Waals surface area (Å²) in [7, 11) is 0. The normalized spacial score (nSPS) is 6.00. The van der Waals surface area contributed by atoms with Crippen molar-refractivity contribution in [2.45, 2.75) is 6.92 Å². The summed E-state index contributed by atoms with van der Waals surface area (Å²) in [6.45, 7) is 3.23. The van der Waals surface area contributed by atoms with Crippen molar-refractivity contribution in [1.29, 1.82) is 0 Å². The Hall–Kier alpha value is 1.02. The van der Waals surface area contributed by atoms with Gasteiger partial charge in [-0.05, 0) is 6.54 Å². The minimum atomic E-state index is 0. The Labute approximate surface area is 71.1 Å². The van der Waals surface area contributed by atoms with Crippen molar-refractivity contribution in [3.05, 3.63) is 13.2 Å². The Kier molecular flexibility index (Phi) is 35.3. The molecule has 0 aromatic rings. The van der Waals surface area contributed by atoms with Gasteiger partial charge in [0.15, 0.2) is 0 Å². The standard InChI is InChI=1S/C3H9N2.CH3.Y/c1-2-5-3-4;;/h4-5H,2-3H2,1H3;1H3;/q2*-1;. The molecule has 0 aromatic carbocycles. The van der Waals surface area contributed by atoms with E-state index in [1.54, 1.807) is 0 Å². The fraction of sp³-hybridized carbons (Fsp3) is 0.750. The van der Waals surface area contributed by atoms with Crippen molar-refractivity contribution in [2.75, 3.05) is 13.2 Å². The number of hydrogen-bond acceptors (Lipinski definition) is 1. The van der Waals surface area contributed by atoms with Gasteiger partial charge in [-0.3, -0.25) is 0 Å². The van der Waals surface area contributed by atoms with Gasteiger partial charge in [0.05, 0.1) is 0 Å². The molecule has 0 unspecified atom stereocenters. The van der Waals surface area contributed by atoms with Crippen LogP contribution in [0.25, 0.3) is 5.73 Å². The molecule has 0 aliphatic carbocycles.